The third-order valence-electron chi connectivity index (χ3n) is 6.50. The summed E-state index contributed by atoms with van der Waals surface area (Å²) in [6, 6.07) is 14.5. The van der Waals surface area contributed by atoms with Crippen LogP contribution in [0.15, 0.2) is 60.9 Å². The van der Waals surface area contributed by atoms with Crippen LogP contribution in [0, 0.1) is 6.92 Å². The van der Waals surface area contributed by atoms with Crippen LogP contribution >= 0.6 is 0 Å². The third-order valence-corrected chi connectivity index (χ3v) is 6.50. The van der Waals surface area contributed by atoms with E-state index in [2.05, 4.69) is 15.3 Å². The van der Waals surface area contributed by atoms with Crippen molar-refractivity contribution in [2.75, 3.05) is 11.9 Å². The lowest BCUT2D eigenvalue weighted by Gasteiger charge is -2.14. The molecule has 9 heteroatoms. The fourth-order valence-electron chi connectivity index (χ4n) is 4.60. The number of rotatable bonds is 6. The molecule has 1 atom stereocenters. The first-order valence-electron chi connectivity index (χ1n) is 11.4. The number of nitrogens with zero attached hydrogens (tertiary/aromatic N) is 2. The van der Waals surface area contributed by atoms with Gasteiger partial charge in [-0.1, -0.05) is 30.3 Å². The number of nitrogens with one attached hydrogen (secondary N) is 2. The average molecular weight is 484 g/mol. The maximum atomic E-state index is 12.8. The number of anilines is 1. The predicted molar refractivity (Wildman–Crippen MR) is 138 cm³/mol. The summed E-state index contributed by atoms with van der Waals surface area (Å²) in [5.74, 6) is -0.592. The molecular formula is C27H25N5O4. The van der Waals surface area contributed by atoms with Gasteiger partial charge in [-0.2, -0.15) is 0 Å². The molecule has 0 spiro atoms. The molecule has 2 heterocycles. The highest BCUT2D eigenvalue weighted by atomic mass is 16.3. The second-order valence-corrected chi connectivity index (χ2v) is 8.70. The lowest BCUT2D eigenvalue weighted by molar-refractivity contribution is 0.0957. The highest BCUT2D eigenvalue weighted by Gasteiger charge is 2.20. The van der Waals surface area contributed by atoms with Crippen LogP contribution in [0.4, 0.5) is 5.69 Å². The largest absolute Gasteiger partial charge is 0.393 e. The molecule has 6 N–H and O–H groups in total. The summed E-state index contributed by atoms with van der Waals surface area (Å²) in [5, 5.41) is 24.0. The second-order valence-electron chi connectivity index (χ2n) is 8.70. The van der Waals surface area contributed by atoms with E-state index in [0.717, 1.165) is 27.5 Å². The fraction of sp³-hybridized carbons (Fsp3) is 0.148. The van der Waals surface area contributed by atoms with Gasteiger partial charge >= 0.3 is 0 Å². The number of amides is 2. The summed E-state index contributed by atoms with van der Waals surface area (Å²) in [6.07, 6.45) is 2.26. The quantitative estimate of drug-likeness (QED) is 0.251. The number of carbonyl (C=O) groups is 2. The summed E-state index contributed by atoms with van der Waals surface area (Å²) in [7, 11) is 1.75. The Morgan fingerprint density at radius 2 is 1.97 bits per heavy atom. The van der Waals surface area contributed by atoms with Gasteiger partial charge in [0.2, 0.25) is 0 Å². The molecule has 5 rings (SSSR count). The second kappa shape index (κ2) is 8.95. The number of aromatic amines is 1. The van der Waals surface area contributed by atoms with Crippen LogP contribution in [0.3, 0.4) is 0 Å². The number of hydrogen-bond acceptors (Lipinski definition) is 5. The summed E-state index contributed by atoms with van der Waals surface area (Å²) in [4.78, 5) is 32.4. The van der Waals surface area contributed by atoms with Gasteiger partial charge in [-0.05, 0) is 47.4 Å². The monoisotopic (exact) mass is 483 g/mol. The Balaban J connectivity index is 1.69. The summed E-state index contributed by atoms with van der Waals surface area (Å²) in [6.45, 7) is 1.52. The molecule has 2 amide bonds. The Morgan fingerprint density at radius 1 is 1.17 bits per heavy atom. The molecule has 0 radical (unpaired) electrons. The first-order valence-corrected chi connectivity index (χ1v) is 11.4. The van der Waals surface area contributed by atoms with Gasteiger partial charge < -0.3 is 30.8 Å². The Kier molecular flexibility index (Phi) is 5.79. The van der Waals surface area contributed by atoms with E-state index in [-0.39, 0.29) is 5.91 Å². The Labute approximate surface area is 206 Å². The van der Waals surface area contributed by atoms with Crippen LogP contribution < -0.4 is 11.1 Å². The van der Waals surface area contributed by atoms with Gasteiger partial charge in [-0.3, -0.25) is 9.59 Å². The normalized spacial score (nSPS) is 12.2. The number of hydrogen-bond donors (Lipinski definition) is 5. The number of aliphatic hydroxyl groups is 2. The first-order chi connectivity index (χ1) is 17.3. The van der Waals surface area contributed by atoms with Crippen molar-refractivity contribution < 1.29 is 19.8 Å². The molecule has 0 fully saturated rings. The Hall–Kier alpha value is -4.47. The number of fused-ring (bicyclic) bond motifs is 3. The van der Waals surface area contributed by atoms with E-state index in [1.165, 1.54) is 0 Å². The number of aryl methyl sites for hydroxylation is 1. The Bertz CT molecular complexity index is 1650. The molecular weight excluding hydrogens is 458 g/mol. The maximum Gasteiger partial charge on any atom is 0.291 e. The minimum absolute atomic E-state index is 0.297. The van der Waals surface area contributed by atoms with Crippen molar-refractivity contribution >= 4 is 39.3 Å². The van der Waals surface area contributed by atoms with Crippen molar-refractivity contribution in [1.29, 1.82) is 0 Å². The van der Waals surface area contributed by atoms with Gasteiger partial charge in [-0.25, -0.2) is 4.98 Å². The van der Waals surface area contributed by atoms with Crippen molar-refractivity contribution in [2.24, 2.45) is 12.8 Å². The van der Waals surface area contributed by atoms with Crippen LogP contribution in [-0.4, -0.2) is 43.2 Å². The average Bonchev–Trinajstić information content (AvgIpc) is 3.47. The third kappa shape index (κ3) is 3.80. The molecule has 5 aromatic rings. The molecule has 182 valence electrons. The van der Waals surface area contributed by atoms with Crippen molar-refractivity contribution in [3.8, 4) is 11.1 Å². The molecule has 0 saturated carbocycles. The minimum Gasteiger partial charge on any atom is -0.393 e. The van der Waals surface area contributed by atoms with Gasteiger partial charge in [0.05, 0.1) is 17.7 Å². The van der Waals surface area contributed by atoms with E-state index < -0.39 is 18.6 Å². The van der Waals surface area contributed by atoms with Gasteiger partial charge in [-0.15, -0.1) is 0 Å². The molecule has 0 saturated heterocycles. The number of benzene rings is 3. The van der Waals surface area contributed by atoms with Gasteiger partial charge in [0.25, 0.3) is 11.8 Å². The standard InChI is InChI=1S/C27H25N5O4/c1-14-16(4-3-5-20(14)31-27(36)26-29-10-11-32(26)2)17-8-9-19(25(28)35)24-23(17)18-7-6-15(22(34)13-33)12-21(18)30-24/h3-12,22,30,33-34H,13H2,1-2H3,(H2,28,35)(H,31,36). The number of imidazole rings is 1. The van der Waals surface area contributed by atoms with E-state index in [9.17, 15) is 19.8 Å². The SMILES string of the molecule is Cc1c(NC(=O)c2nccn2C)cccc1-c1ccc(C(N)=O)c2[nH]c3cc(C(O)CO)ccc3c12. The van der Waals surface area contributed by atoms with Crippen LogP contribution in [0.5, 0.6) is 0 Å². The Morgan fingerprint density at radius 3 is 2.67 bits per heavy atom. The molecule has 1 unspecified atom stereocenters. The molecule has 0 aliphatic heterocycles. The summed E-state index contributed by atoms with van der Waals surface area (Å²) >= 11 is 0. The van der Waals surface area contributed by atoms with Crippen molar-refractivity contribution in [3.05, 3.63) is 83.4 Å². The van der Waals surface area contributed by atoms with Crippen molar-refractivity contribution in [3.63, 3.8) is 0 Å². The van der Waals surface area contributed by atoms with E-state index in [4.69, 9.17) is 5.73 Å². The molecule has 0 aliphatic rings. The van der Waals surface area contributed by atoms with E-state index in [1.807, 2.05) is 37.3 Å². The van der Waals surface area contributed by atoms with Gasteiger partial charge in [0, 0.05) is 41.4 Å². The van der Waals surface area contributed by atoms with E-state index in [1.54, 1.807) is 42.2 Å². The molecule has 3 aromatic carbocycles. The zero-order valence-electron chi connectivity index (χ0n) is 19.7. The summed E-state index contributed by atoms with van der Waals surface area (Å²) in [5.41, 5.74) is 11.0. The minimum atomic E-state index is -1.02. The van der Waals surface area contributed by atoms with E-state index >= 15 is 0 Å². The zero-order chi connectivity index (χ0) is 25.6. The number of carbonyl (C=O) groups excluding carboxylic acids is 2. The lowest BCUT2D eigenvalue weighted by atomic mass is 9.93. The number of nitrogens with two attached hydrogens (primary N) is 1. The van der Waals surface area contributed by atoms with E-state index in [0.29, 0.717) is 33.7 Å². The zero-order valence-corrected chi connectivity index (χ0v) is 19.7. The van der Waals surface area contributed by atoms with Crippen LogP contribution in [-0.2, 0) is 7.05 Å². The smallest absolute Gasteiger partial charge is 0.291 e. The first kappa shape index (κ1) is 23.3. The highest BCUT2D eigenvalue weighted by Crippen LogP contribution is 2.39. The van der Waals surface area contributed by atoms with Crippen molar-refractivity contribution in [2.45, 2.75) is 13.0 Å². The number of aromatic nitrogens is 3. The summed E-state index contributed by atoms with van der Waals surface area (Å²) < 4.78 is 1.65. The molecule has 0 bridgehead atoms. The maximum absolute atomic E-state index is 12.8. The van der Waals surface area contributed by atoms with Gasteiger partial charge in [0.1, 0.15) is 6.10 Å². The molecule has 2 aromatic heterocycles. The lowest BCUT2D eigenvalue weighted by Crippen LogP contribution is -2.17. The molecule has 36 heavy (non-hydrogen) atoms. The highest BCUT2D eigenvalue weighted by molar-refractivity contribution is 6.20. The molecule has 0 aliphatic carbocycles. The van der Waals surface area contributed by atoms with Crippen LogP contribution in [0.1, 0.15) is 38.2 Å². The number of H-pyrrole nitrogens is 1. The van der Waals surface area contributed by atoms with Crippen molar-refractivity contribution in [1.82, 2.24) is 14.5 Å². The predicted octanol–water partition coefficient (Wildman–Crippen LogP) is 3.41. The van der Waals surface area contributed by atoms with Gasteiger partial charge in [0.15, 0.2) is 5.82 Å². The topological polar surface area (TPSA) is 146 Å². The number of primary amides is 1. The number of aliphatic hydroxyl groups excluding tert-OH is 2. The fourth-order valence-corrected chi connectivity index (χ4v) is 4.60. The van der Waals surface area contributed by atoms with Crippen LogP contribution in [0.2, 0.25) is 0 Å². The molecule has 9 nitrogen and oxygen atoms in total. The van der Waals surface area contributed by atoms with Crippen LogP contribution in [0.25, 0.3) is 32.9 Å².